The van der Waals surface area contributed by atoms with Gasteiger partial charge in [-0.2, -0.15) is 0 Å². The monoisotopic (exact) mass is 761 g/mol. The van der Waals surface area contributed by atoms with Crippen molar-refractivity contribution in [3.8, 4) is 0 Å². The van der Waals surface area contributed by atoms with Crippen LogP contribution in [0, 0.1) is 51.2 Å². The molecule has 0 heterocycles. The Morgan fingerprint density at radius 1 is 0.340 bits per heavy atom. The zero-order valence-electron chi connectivity index (χ0n) is 45.1. The Morgan fingerprint density at radius 3 is 0.623 bits per heavy atom. The lowest BCUT2D eigenvalue weighted by molar-refractivity contribution is 0.338. The molecule has 0 radical (unpaired) electrons. The Labute approximate surface area is 348 Å². The fourth-order valence-electron chi connectivity index (χ4n) is 2.56. The van der Waals surface area contributed by atoms with E-state index >= 15 is 0 Å². The van der Waals surface area contributed by atoms with E-state index in [0.717, 1.165) is 29.6 Å². The molecule has 0 spiro atoms. The van der Waals surface area contributed by atoms with Gasteiger partial charge in [0, 0.05) is 0 Å². The molecule has 0 saturated heterocycles. The first-order chi connectivity index (χ1) is 23.6. The summed E-state index contributed by atoms with van der Waals surface area (Å²) in [7, 11) is 0. The summed E-state index contributed by atoms with van der Waals surface area (Å²) in [6, 6.07) is 0. The molecule has 0 fully saturated rings. The van der Waals surface area contributed by atoms with Crippen molar-refractivity contribution in [3.05, 3.63) is 0 Å². The van der Waals surface area contributed by atoms with Crippen LogP contribution < -0.4 is 0 Å². The number of hydrogen-bond donors (Lipinski definition) is 0. The second-order valence-electron chi connectivity index (χ2n) is 22.0. The van der Waals surface area contributed by atoms with Gasteiger partial charge in [0.2, 0.25) is 0 Å². The smallest absolute Gasteiger partial charge is 0.0359 e. The second-order valence-corrected chi connectivity index (χ2v) is 22.0. The fourth-order valence-corrected chi connectivity index (χ4v) is 2.56. The van der Waals surface area contributed by atoms with E-state index in [2.05, 4.69) is 215 Å². The average Bonchev–Trinajstić information content (AvgIpc) is 3.00. The molecule has 0 aliphatic heterocycles. The van der Waals surface area contributed by atoms with Gasteiger partial charge in [0.15, 0.2) is 0 Å². The first-order valence-corrected chi connectivity index (χ1v) is 23.6. The van der Waals surface area contributed by atoms with Crippen molar-refractivity contribution in [1.82, 2.24) is 0 Å². The highest BCUT2D eigenvalue weighted by Gasteiger charge is 2.09. The van der Waals surface area contributed by atoms with Gasteiger partial charge in [0.05, 0.1) is 0 Å². The minimum Gasteiger partial charge on any atom is -0.0654 e. The first kappa shape index (κ1) is 74.0. The van der Waals surface area contributed by atoms with Gasteiger partial charge in [0.1, 0.15) is 0 Å². The van der Waals surface area contributed by atoms with E-state index in [1.165, 1.54) is 83.5 Å². The summed E-state index contributed by atoms with van der Waals surface area (Å²) >= 11 is 0. The highest BCUT2D eigenvalue weighted by molar-refractivity contribution is 4.61. The van der Waals surface area contributed by atoms with Crippen LogP contribution in [-0.4, -0.2) is 0 Å². The molecule has 1 atom stereocenters. The van der Waals surface area contributed by atoms with Crippen LogP contribution in [0.3, 0.4) is 0 Å². The summed E-state index contributed by atoms with van der Waals surface area (Å²) in [6.45, 7) is 69.2. The SMILES string of the molecule is CC(C)(C)C.CC(C)C.CCC(C)(C)C.CCC(C)(C)CC.CCC(C)C.CCC(C)CC.CCCC(C)(C)C.CCCC(C)C.CCCC(C)CC. The summed E-state index contributed by atoms with van der Waals surface area (Å²) in [5.41, 5.74) is 2.18. The van der Waals surface area contributed by atoms with Gasteiger partial charge in [0.25, 0.3) is 0 Å². The Morgan fingerprint density at radius 2 is 0.604 bits per heavy atom. The van der Waals surface area contributed by atoms with Crippen molar-refractivity contribution in [2.75, 3.05) is 0 Å². The molecular formula is C53H124. The van der Waals surface area contributed by atoms with Crippen molar-refractivity contribution in [2.45, 2.75) is 298 Å². The zero-order valence-corrected chi connectivity index (χ0v) is 45.1. The molecule has 1 unspecified atom stereocenters. The number of rotatable bonds is 11. The molecule has 0 aromatic rings. The van der Waals surface area contributed by atoms with Crippen molar-refractivity contribution in [3.63, 3.8) is 0 Å². The van der Waals surface area contributed by atoms with Gasteiger partial charge < -0.3 is 0 Å². The van der Waals surface area contributed by atoms with E-state index in [1.54, 1.807) is 0 Å². The van der Waals surface area contributed by atoms with Gasteiger partial charge >= 0.3 is 0 Å². The minimum atomic E-state index is 0.500. The van der Waals surface area contributed by atoms with Gasteiger partial charge in [-0.25, -0.2) is 0 Å². The maximum atomic E-state index is 2.31. The lowest BCUT2D eigenvalue weighted by Crippen LogP contribution is -2.05. The molecule has 0 aromatic carbocycles. The van der Waals surface area contributed by atoms with Crippen molar-refractivity contribution in [1.29, 1.82) is 0 Å². The van der Waals surface area contributed by atoms with E-state index in [9.17, 15) is 0 Å². The predicted molar refractivity (Wildman–Crippen MR) is 263 cm³/mol. The molecule has 53 heavy (non-hydrogen) atoms. The van der Waals surface area contributed by atoms with Crippen molar-refractivity contribution < 1.29 is 0 Å². The first-order valence-electron chi connectivity index (χ1n) is 23.6. The molecule has 0 rings (SSSR count). The Bertz CT molecular complexity index is 536. The van der Waals surface area contributed by atoms with Crippen LogP contribution in [0.25, 0.3) is 0 Å². The normalized spacial score (nSPS) is 11.4. The summed E-state index contributed by atoms with van der Waals surface area (Å²) in [6.07, 6.45) is 17.3. The van der Waals surface area contributed by atoms with E-state index < -0.39 is 0 Å². The average molecular weight is 762 g/mol. The zero-order chi connectivity index (χ0) is 45.1. The lowest BCUT2D eigenvalue weighted by atomic mass is 9.88. The topological polar surface area (TPSA) is 0 Å². The maximum absolute atomic E-state index is 2.31. The van der Waals surface area contributed by atoms with Crippen LogP contribution >= 0.6 is 0 Å². The van der Waals surface area contributed by atoms with Crippen LogP contribution in [0.2, 0.25) is 0 Å². The predicted octanol–water partition coefficient (Wildman–Crippen LogP) is 21.6. The van der Waals surface area contributed by atoms with Crippen LogP contribution in [0.1, 0.15) is 298 Å². The van der Waals surface area contributed by atoms with Crippen LogP contribution in [0.15, 0.2) is 0 Å². The highest BCUT2D eigenvalue weighted by atomic mass is 14.2. The molecular weight excluding hydrogens is 637 g/mol. The van der Waals surface area contributed by atoms with E-state index in [1.807, 2.05) is 0 Å². The molecule has 0 N–H and O–H groups in total. The Kier molecular flexibility index (Phi) is 69.9. The van der Waals surface area contributed by atoms with Gasteiger partial charge in [-0.3, -0.25) is 0 Å². The third kappa shape index (κ3) is 178. The summed E-state index contributed by atoms with van der Waals surface area (Å²) < 4.78 is 0. The largest absolute Gasteiger partial charge is 0.0654 e. The molecule has 0 nitrogen and oxygen atoms in total. The van der Waals surface area contributed by atoms with Crippen LogP contribution in [0.4, 0.5) is 0 Å². The molecule has 336 valence electrons. The van der Waals surface area contributed by atoms with Gasteiger partial charge in [-0.15, -0.1) is 0 Å². The molecule has 0 heteroatoms. The molecule has 0 aliphatic carbocycles. The highest BCUT2D eigenvalue weighted by Crippen LogP contribution is 2.23. The van der Waals surface area contributed by atoms with E-state index in [-0.39, 0.29) is 0 Å². The third-order valence-electron chi connectivity index (χ3n) is 8.53. The quantitative estimate of drug-likeness (QED) is 0.197. The van der Waals surface area contributed by atoms with Gasteiger partial charge in [-0.1, -0.05) is 292 Å². The third-order valence-corrected chi connectivity index (χ3v) is 8.53. The standard InChI is InChI=1S/3C7H16.3C6H14.2C5H12.C4H10/c1-5-6-7(2,3)4;1-5-7(3,4)6-2;1-4-6-7(3)5-2;1-5-6(2,3)4;1-4-5-6(2)3;1-4-6(3)5-2;1-5(2,3)4;1-4-5(2)3;1-4(2)3/h2*5-6H2,1-4H3;7H,4-6H2,1-3H3;5H2,1-4H3;2*6H,4-5H2,1-3H3;1-4H3;5H,4H2,1-3H3;4H,1-3H3. The maximum Gasteiger partial charge on any atom is -0.0359 e. The Balaban J connectivity index is -0.0000000590. The lowest BCUT2D eigenvalue weighted by Gasteiger charge is -2.18. The van der Waals surface area contributed by atoms with Crippen molar-refractivity contribution in [2.24, 2.45) is 51.2 Å². The molecule has 0 amide bonds. The second kappa shape index (κ2) is 50.0. The minimum absolute atomic E-state index is 0.500. The molecule has 0 aromatic heterocycles. The van der Waals surface area contributed by atoms with Crippen LogP contribution in [-0.2, 0) is 0 Å². The van der Waals surface area contributed by atoms with E-state index in [4.69, 9.17) is 0 Å². The summed E-state index contributed by atoms with van der Waals surface area (Å²) in [5.74, 6) is 4.50. The van der Waals surface area contributed by atoms with Crippen LogP contribution in [0.5, 0.6) is 0 Å². The summed E-state index contributed by atoms with van der Waals surface area (Å²) in [5, 5.41) is 0. The molecule has 0 aliphatic rings. The van der Waals surface area contributed by atoms with E-state index in [0.29, 0.717) is 21.7 Å². The van der Waals surface area contributed by atoms with Crippen molar-refractivity contribution >= 4 is 0 Å². The Hall–Kier alpha value is 0. The summed E-state index contributed by atoms with van der Waals surface area (Å²) in [4.78, 5) is 0. The molecule has 0 bridgehead atoms. The van der Waals surface area contributed by atoms with Gasteiger partial charge in [-0.05, 0) is 57.7 Å². The number of hydrogen-bond acceptors (Lipinski definition) is 0. The fraction of sp³-hybridized carbons (Fsp3) is 1.00. The molecule has 0 saturated carbocycles.